The molecule has 7 nitrogen and oxygen atoms in total. The van der Waals surface area contributed by atoms with Crippen LogP contribution in [0.1, 0.15) is 66.2 Å². The Morgan fingerprint density at radius 2 is 2.00 bits per heavy atom. The minimum absolute atomic E-state index is 0.00157. The molecule has 1 N–H and O–H groups in total. The van der Waals surface area contributed by atoms with Crippen molar-refractivity contribution in [2.75, 3.05) is 6.54 Å². The lowest BCUT2D eigenvalue weighted by Crippen LogP contribution is -2.63. The van der Waals surface area contributed by atoms with E-state index in [2.05, 4.69) is 10.3 Å². The van der Waals surface area contributed by atoms with E-state index in [1.54, 1.807) is 16.7 Å². The van der Waals surface area contributed by atoms with Crippen LogP contribution in [-0.4, -0.2) is 57.5 Å². The van der Waals surface area contributed by atoms with Crippen LogP contribution >= 0.6 is 0 Å². The number of hydrogen-bond donors (Lipinski definition) is 1. The van der Waals surface area contributed by atoms with Crippen LogP contribution < -0.4 is 5.32 Å². The van der Waals surface area contributed by atoms with Crippen molar-refractivity contribution in [2.24, 2.45) is 4.99 Å². The molecule has 0 radical (unpaired) electrons. The number of carbonyl (C=O) groups excluding carboxylic acids is 3. The average Bonchev–Trinajstić information content (AvgIpc) is 2.65. The summed E-state index contributed by atoms with van der Waals surface area (Å²) in [5, 5.41) is 2.89. The Balaban J connectivity index is 1.91. The van der Waals surface area contributed by atoms with Gasteiger partial charge in [0.1, 0.15) is 11.4 Å². The number of amides is 3. The maximum Gasteiger partial charge on any atom is 0.250 e. The highest BCUT2D eigenvalue weighted by Gasteiger charge is 2.48. The number of nitrogens with one attached hydrogen (secondary N) is 1. The van der Waals surface area contributed by atoms with E-state index in [9.17, 15) is 14.4 Å². The second-order valence-corrected chi connectivity index (χ2v) is 8.84. The van der Waals surface area contributed by atoms with Crippen LogP contribution in [0.3, 0.4) is 0 Å². The lowest BCUT2D eigenvalue weighted by molar-refractivity contribution is -0.149. The Bertz CT molecular complexity index is 777. The fourth-order valence-electron chi connectivity index (χ4n) is 4.41. The fraction of sp³-hybridized carbons (Fsp3) is 0.636. The highest BCUT2D eigenvalue weighted by atomic mass is 16.2. The molecule has 0 bridgehead atoms. The molecule has 0 unspecified atom stereocenters. The molecule has 3 rings (SSSR count). The largest absolute Gasteiger partial charge is 0.352 e. The number of rotatable bonds is 5. The van der Waals surface area contributed by atoms with Crippen molar-refractivity contribution in [1.29, 1.82) is 0 Å². The Kier molecular flexibility index (Phi) is 6.24. The number of aliphatic imine (C=N–C) groups is 1. The third-order valence-electron chi connectivity index (χ3n) is 5.86. The number of allylic oxidation sites excluding steroid dienone is 2. The van der Waals surface area contributed by atoms with Crippen LogP contribution in [-0.2, 0) is 14.4 Å². The van der Waals surface area contributed by atoms with Gasteiger partial charge in [-0.25, -0.2) is 0 Å². The van der Waals surface area contributed by atoms with Gasteiger partial charge in [0.15, 0.2) is 0 Å². The molecule has 0 spiro atoms. The van der Waals surface area contributed by atoms with E-state index in [4.69, 9.17) is 0 Å². The zero-order valence-electron chi connectivity index (χ0n) is 17.9. The maximum absolute atomic E-state index is 13.9. The molecule has 1 saturated carbocycles. The van der Waals surface area contributed by atoms with Gasteiger partial charge >= 0.3 is 0 Å². The molecule has 1 aliphatic carbocycles. The van der Waals surface area contributed by atoms with Crippen LogP contribution in [0.25, 0.3) is 0 Å². The first-order chi connectivity index (χ1) is 13.7. The predicted octanol–water partition coefficient (Wildman–Crippen LogP) is 2.54. The van der Waals surface area contributed by atoms with Crippen molar-refractivity contribution >= 4 is 23.6 Å². The number of fused-ring (bicyclic) bond motifs is 1. The predicted molar refractivity (Wildman–Crippen MR) is 112 cm³/mol. The molecule has 3 amide bonds. The van der Waals surface area contributed by atoms with Gasteiger partial charge in [0.2, 0.25) is 11.8 Å². The van der Waals surface area contributed by atoms with Crippen molar-refractivity contribution in [1.82, 2.24) is 15.1 Å². The molecule has 0 aromatic rings. The van der Waals surface area contributed by atoms with Gasteiger partial charge in [0.25, 0.3) is 5.91 Å². The monoisotopic (exact) mass is 400 g/mol. The first-order valence-electron chi connectivity index (χ1n) is 10.6. The first-order valence-corrected chi connectivity index (χ1v) is 10.6. The quantitative estimate of drug-likeness (QED) is 0.769. The lowest BCUT2D eigenvalue weighted by atomic mass is 9.87. The van der Waals surface area contributed by atoms with Crippen molar-refractivity contribution in [3.63, 3.8) is 0 Å². The SMILES string of the molecule is CC1=CC2=NC(=O)C[C@@](C)(C(=O)N(CC(=O)NC(C)C)C3CCCCC3)N2C=C1. The molecule has 1 fully saturated rings. The van der Waals surface area contributed by atoms with E-state index in [1.165, 1.54) is 0 Å². The van der Waals surface area contributed by atoms with Gasteiger partial charge in [-0.1, -0.05) is 19.3 Å². The summed E-state index contributed by atoms with van der Waals surface area (Å²) < 4.78 is 0. The van der Waals surface area contributed by atoms with Crippen molar-refractivity contribution in [3.05, 3.63) is 23.9 Å². The molecule has 0 aromatic carbocycles. The molecular formula is C22H32N4O3. The molecule has 29 heavy (non-hydrogen) atoms. The van der Waals surface area contributed by atoms with E-state index in [0.717, 1.165) is 37.7 Å². The Labute approximate surface area is 172 Å². The van der Waals surface area contributed by atoms with Gasteiger partial charge in [-0.15, -0.1) is 0 Å². The normalized spacial score (nSPS) is 24.7. The van der Waals surface area contributed by atoms with Gasteiger partial charge < -0.3 is 15.1 Å². The summed E-state index contributed by atoms with van der Waals surface area (Å²) in [7, 11) is 0. The lowest BCUT2D eigenvalue weighted by Gasteiger charge is -2.46. The topological polar surface area (TPSA) is 82.1 Å². The highest BCUT2D eigenvalue weighted by molar-refractivity contribution is 6.10. The molecule has 0 saturated heterocycles. The third-order valence-corrected chi connectivity index (χ3v) is 5.86. The minimum atomic E-state index is -1.09. The van der Waals surface area contributed by atoms with Crippen LogP contribution in [0.15, 0.2) is 28.9 Å². The van der Waals surface area contributed by atoms with Gasteiger partial charge in [-0.05, 0) is 58.3 Å². The number of amidine groups is 1. The molecule has 158 valence electrons. The summed E-state index contributed by atoms with van der Waals surface area (Å²) in [6.45, 7) is 7.55. The standard InChI is InChI=1S/C22H32N4O3/c1-15(2)23-20(28)14-25(17-8-6-5-7-9-17)21(29)22(4)13-19(27)24-18-12-16(3)10-11-26(18)22/h10-12,15,17H,5-9,13-14H2,1-4H3,(H,23,28)/t22-/m0/s1. The molecule has 7 heteroatoms. The van der Waals surface area contributed by atoms with Crippen LogP contribution in [0.5, 0.6) is 0 Å². The van der Waals surface area contributed by atoms with E-state index in [-0.39, 0.29) is 42.8 Å². The average molecular weight is 401 g/mol. The molecule has 0 aromatic heterocycles. The van der Waals surface area contributed by atoms with Crippen molar-refractivity contribution in [3.8, 4) is 0 Å². The summed E-state index contributed by atoms with van der Waals surface area (Å²) >= 11 is 0. The van der Waals surface area contributed by atoms with Gasteiger partial charge in [-0.2, -0.15) is 4.99 Å². The second kappa shape index (κ2) is 8.51. The summed E-state index contributed by atoms with van der Waals surface area (Å²) in [5.74, 6) is -0.154. The summed E-state index contributed by atoms with van der Waals surface area (Å²) in [6.07, 6.45) is 10.6. The van der Waals surface area contributed by atoms with Crippen molar-refractivity contribution < 1.29 is 14.4 Å². The number of nitrogens with zero attached hydrogens (tertiary/aromatic N) is 3. The first kappa shape index (κ1) is 21.3. The van der Waals surface area contributed by atoms with Crippen molar-refractivity contribution in [2.45, 2.75) is 83.8 Å². The zero-order valence-corrected chi connectivity index (χ0v) is 17.9. The highest BCUT2D eigenvalue weighted by Crippen LogP contribution is 2.33. The van der Waals surface area contributed by atoms with Crippen LogP contribution in [0.2, 0.25) is 0 Å². The van der Waals surface area contributed by atoms with E-state index < -0.39 is 5.54 Å². The molecule has 3 aliphatic rings. The maximum atomic E-state index is 13.9. The summed E-state index contributed by atoms with van der Waals surface area (Å²) in [6, 6.07) is 0.0315. The molecule has 2 heterocycles. The summed E-state index contributed by atoms with van der Waals surface area (Å²) in [5.41, 5.74) is -0.109. The number of hydrogen-bond acceptors (Lipinski definition) is 4. The van der Waals surface area contributed by atoms with E-state index in [1.807, 2.05) is 39.1 Å². The summed E-state index contributed by atoms with van der Waals surface area (Å²) in [4.78, 5) is 46.5. The van der Waals surface area contributed by atoms with Gasteiger partial charge in [0.05, 0.1) is 13.0 Å². The Morgan fingerprint density at radius 3 is 2.66 bits per heavy atom. The van der Waals surface area contributed by atoms with E-state index in [0.29, 0.717) is 5.84 Å². The fourth-order valence-corrected chi connectivity index (χ4v) is 4.41. The second-order valence-electron chi connectivity index (χ2n) is 8.84. The van der Waals surface area contributed by atoms with E-state index >= 15 is 0 Å². The van der Waals surface area contributed by atoms with Crippen LogP contribution in [0, 0.1) is 0 Å². The van der Waals surface area contributed by atoms with Crippen LogP contribution in [0.4, 0.5) is 0 Å². The molecule has 2 aliphatic heterocycles. The van der Waals surface area contributed by atoms with Gasteiger partial charge in [-0.3, -0.25) is 14.4 Å². The Morgan fingerprint density at radius 1 is 1.31 bits per heavy atom. The van der Waals surface area contributed by atoms with Gasteiger partial charge in [0, 0.05) is 18.3 Å². The Hall–Kier alpha value is -2.44. The number of carbonyl (C=O) groups is 3. The smallest absolute Gasteiger partial charge is 0.250 e. The molecular weight excluding hydrogens is 368 g/mol. The minimum Gasteiger partial charge on any atom is -0.352 e. The zero-order chi connectivity index (χ0) is 21.2. The third kappa shape index (κ3) is 4.60. The molecule has 1 atom stereocenters.